The lowest BCUT2D eigenvalue weighted by atomic mass is 10.0. The number of aromatic nitrogens is 1. The molecule has 4 nitrogen and oxygen atoms in total. The molecule has 1 heterocycles. The predicted molar refractivity (Wildman–Crippen MR) is 107 cm³/mol. The van der Waals surface area contributed by atoms with Crippen molar-refractivity contribution >= 4 is 17.2 Å². The molecule has 1 aromatic heterocycles. The molecule has 0 bridgehead atoms. The van der Waals surface area contributed by atoms with E-state index in [1.54, 1.807) is 24.6 Å². The summed E-state index contributed by atoms with van der Waals surface area (Å²) in [5.74, 6) is -0.344. The van der Waals surface area contributed by atoms with Gasteiger partial charge in [-0.3, -0.25) is 4.79 Å². The van der Waals surface area contributed by atoms with Gasteiger partial charge in [-0.1, -0.05) is 0 Å². The van der Waals surface area contributed by atoms with Crippen LogP contribution in [0.2, 0.25) is 0 Å². The molecule has 0 atom stereocenters. The van der Waals surface area contributed by atoms with E-state index in [2.05, 4.69) is 10.3 Å². The second-order valence-electron chi connectivity index (χ2n) is 6.66. The van der Waals surface area contributed by atoms with E-state index in [1.165, 1.54) is 11.3 Å². The zero-order valence-corrected chi connectivity index (χ0v) is 17.3. The Morgan fingerprint density at radius 1 is 1.00 bits per heavy atom. The van der Waals surface area contributed by atoms with Gasteiger partial charge in [-0.15, -0.1) is 11.3 Å². The third kappa shape index (κ3) is 5.78. The molecule has 3 aromatic rings. The molecule has 11 heteroatoms. The number of benzene rings is 2. The highest BCUT2D eigenvalue weighted by atomic mass is 32.1. The summed E-state index contributed by atoms with van der Waals surface area (Å²) in [4.78, 5) is 16.6. The summed E-state index contributed by atoms with van der Waals surface area (Å²) in [6.45, 7) is -0.00794. The van der Waals surface area contributed by atoms with E-state index >= 15 is 0 Å². The largest absolute Gasteiger partial charge is 0.497 e. The maximum absolute atomic E-state index is 12.9. The van der Waals surface area contributed by atoms with Crippen molar-refractivity contribution in [2.45, 2.75) is 18.8 Å². The third-order valence-electron chi connectivity index (χ3n) is 4.41. The number of hydrogen-bond acceptors (Lipinski definition) is 4. The fraction of sp³-hybridized carbons (Fsp3) is 0.238. The standard InChI is InChI=1S/C21H16F6N2O2S/c1-31-16-4-2-12(3-5-16)17-11-32-18(29-17)6-7-28-19(30)13-8-14(20(22,23)24)10-15(9-13)21(25,26)27/h2-5,8-11H,6-7H2,1H3,(H,28,30). The van der Waals surface area contributed by atoms with Crippen LogP contribution in [0.4, 0.5) is 26.3 Å². The van der Waals surface area contributed by atoms with Crippen LogP contribution in [0.5, 0.6) is 5.75 Å². The molecule has 0 aliphatic rings. The Bertz CT molecular complexity index is 1060. The molecule has 3 rings (SSSR count). The number of amides is 1. The maximum Gasteiger partial charge on any atom is 0.416 e. The minimum atomic E-state index is -5.02. The summed E-state index contributed by atoms with van der Waals surface area (Å²) in [6.07, 6.45) is -9.78. The molecule has 0 spiro atoms. The van der Waals surface area contributed by atoms with Crippen LogP contribution in [0.1, 0.15) is 26.5 Å². The molecule has 0 aliphatic carbocycles. The Balaban J connectivity index is 1.67. The first kappa shape index (κ1) is 23.6. The highest BCUT2D eigenvalue weighted by Gasteiger charge is 2.37. The van der Waals surface area contributed by atoms with Gasteiger partial charge in [0.25, 0.3) is 5.91 Å². The second-order valence-corrected chi connectivity index (χ2v) is 7.60. The van der Waals surface area contributed by atoms with Crippen molar-refractivity contribution in [3.63, 3.8) is 0 Å². The monoisotopic (exact) mass is 474 g/mol. The molecule has 1 amide bonds. The molecule has 0 unspecified atom stereocenters. The zero-order chi connectivity index (χ0) is 23.5. The molecule has 0 aliphatic heterocycles. The SMILES string of the molecule is COc1ccc(-c2csc(CCNC(=O)c3cc(C(F)(F)F)cc(C(F)(F)F)c3)n2)cc1. The summed E-state index contributed by atoms with van der Waals surface area (Å²) in [5.41, 5.74) is -2.25. The molecule has 170 valence electrons. The van der Waals surface area contributed by atoms with Gasteiger partial charge in [-0.2, -0.15) is 26.3 Å². The zero-order valence-electron chi connectivity index (χ0n) is 16.5. The van der Waals surface area contributed by atoms with Crippen LogP contribution in [0.25, 0.3) is 11.3 Å². The Morgan fingerprint density at radius 3 is 2.12 bits per heavy atom. The molecule has 0 radical (unpaired) electrons. The number of rotatable bonds is 6. The summed E-state index contributed by atoms with van der Waals surface area (Å²) in [7, 11) is 1.55. The van der Waals surface area contributed by atoms with Crippen LogP contribution >= 0.6 is 11.3 Å². The number of nitrogens with zero attached hydrogens (tertiary/aromatic N) is 1. The van der Waals surface area contributed by atoms with E-state index in [4.69, 9.17) is 4.74 Å². The number of ether oxygens (including phenoxy) is 1. The lowest BCUT2D eigenvalue weighted by Gasteiger charge is -2.14. The maximum atomic E-state index is 12.9. The van der Waals surface area contributed by atoms with E-state index < -0.39 is 35.0 Å². The van der Waals surface area contributed by atoms with Gasteiger partial charge in [0.15, 0.2) is 0 Å². The molecule has 0 fully saturated rings. The highest BCUT2D eigenvalue weighted by molar-refractivity contribution is 7.09. The summed E-state index contributed by atoms with van der Waals surface area (Å²) in [6, 6.07) is 7.98. The van der Waals surface area contributed by atoms with Crippen LogP contribution in [-0.2, 0) is 18.8 Å². The normalized spacial score (nSPS) is 12.0. The Morgan fingerprint density at radius 2 is 1.59 bits per heavy atom. The first-order chi connectivity index (χ1) is 15.0. The lowest BCUT2D eigenvalue weighted by molar-refractivity contribution is -0.143. The number of nitrogens with one attached hydrogen (secondary N) is 1. The number of carbonyl (C=O) groups is 1. The van der Waals surface area contributed by atoms with E-state index in [0.29, 0.717) is 28.6 Å². The lowest BCUT2D eigenvalue weighted by Crippen LogP contribution is -2.26. The van der Waals surface area contributed by atoms with E-state index in [-0.39, 0.29) is 19.0 Å². The molecule has 2 aromatic carbocycles. The van der Waals surface area contributed by atoms with Gasteiger partial charge in [0, 0.05) is 29.5 Å². The summed E-state index contributed by atoms with van der Waals surface area (Å²) >= 11 is 1.32. The fourth-order valence-corrected chi connectivity index (χ4v) is 3.60. The Labute approximate surface area is 182 Å². The van der Waals surface area contributed by atoms with Gasteiger partial charge in [-0.05, 0) is 42.5 Å². The third-order valence-corrected chi connectivity index (χ3v) is 5.32. The van der Waals surface area contributed by atoms with Crippen molar-refractivity contribution in [1.82, 2.24) is 10.3 Å². The topological polar surface area (TPSA) is 51.2 Å². The molecule has 0 saturated heterocycles. The highest BCUT2D eigenvalue weighted by Crippen LogP contribution is 2.36. The molecule has 32 heavy (non-hydrogen) atoms. The number of hydrogen-bond donors (Lipinski definition) is 1. The smallest absolute Gasteiger partial charge is 0.416 e. The van der Waals surface area contributed by atoms with E-state index in [9.17, 15) is 31.1 Å². The fourth-order valence-electron chi connectivity index (χ4n) is 2.79. The second kappa shape index (κ2) is 9.19. The number of carbonyl (C=O) groups excluding carboxylic acids is 1. The average molecular weight is 474 g/mol. The van der Waals surface area contributed by atoms with Gasteiger partial charge >= 0.3 is 12.4 Å². The number of halogens is 6. The Hall–Kier alpha value is -3.08. The van der Waals surface area contributed by atoms with Crippen molar-refractivity contribution in [2.75, 3.05) is 13.7 Å². The van der Waals surface area contributed by atoms with Gasteiger partial charge in [0.05, 0.1) is 28.9 Å². The van der Waals surface area contributed by atoms with Crippen molar-refractivity contribution < 1.29 is 35.9 Å². The number of thiazole rings is 1. The van der Waals surface area contributed by atoms with Gasteiger partial charge < -0.3 is 10.1 Å². The summed E-state index contributed by atoms with van der Waals surface area (Å²) in [5, 5.41) is 4.80. The predicted octanol–water partition coefficient (Wildman–Crippen LogP) is 5.83. The first-order valence-corrected chi connectivity index (χ1v) is 10.0. The van der Waals surface area contributed by atoms with Crippen molar-refractivity contribution in [2.24, 2.45) is 0 Å². The van der Waals surface area contributed by atoms with Crippen LogP contribution in [0, 0.1) is 0 Å². The molecular formula is C21H16F6N2O2S. The van der Waals surface area contributed by atoms with E-state index in [1.807, 2.05) is 12.1 Å². The van der Waals surface area contributed by atoms with E-state index in [0.717, 1.165) is 5.56 Å². The van der Waals surface area contributed by atoms with Crippen LogP contribution in [0.15, 0.2) is 47.8 Å². The van der Waals surface area contributed by atoms with Gasteiger partial charge in [-0.25, -0.2) is 4.98 Å². The minimum absolute atomic E-state index is 0.00794. The van der Waals surface area contributed by atoms with Crippen LogP contribution in [0.3, 0.4) is 0 Å². The number of methoxy groups -OCH3 is 1. The minimum Gasteiger partial charge on any atom is -0.497 e. The van der Waals surface area contributed by atoms with Gasteiger partial charge in [0.1, 0.15) is 5.75 Å². The van der Waals surface area contributed by atoms with Crippen LogP contribution < -0.4 is 10.1 Å². The molecular weight excluding hydrogens is 458 g/mol. The first-order valence-electron chi connectivity index (χ1n) is 9.14. The van der Waals surface area contributed by atoms with Crippen molar-refractivity contribution in [3.05, 3.63) is 69.5 Å². The molecule has 0 saturated carbocycles. The van der Waals surface area contributed by atoms with Crippen molar-refractivity contribution in [1.29, 1.82) is 0 Å². The average Bonchev–Trinajstić information content (AvgIpc) is 3.21. The number of alkyl halides is 6. The van der Waals surface area contributed by atoms with Gasteiger partial charge in [0.2, 0.25) is 0 Å². The van der Waals surface area contributed by atoms with Crippen LogP contribution in [-0.4, -0.2) is 24.5 Å². The quantitative estimate of drug-likeness (QED) is 0.458. The van der Waals surface area contributed by atoms with Crippen molar-refractivity contribution in [3.8, 4) is 17.0 Å². The Kier molecular flexibility index (Phi) is 6.77. The molecule has 1 N–H and O–H groups in total. The summed E-state index contributed by atoms with van der Waals surface area (Å²) < 4.78 is 82.8.